The van der Waals surface area contributed by atoms with Gasteiger partial charge in [0.15, 0.2) is 5.41 Å². The van der Waals surface area contributed by atoms with Crippen LogP contribution in [0.4, 0.5) is 13.2 Å². The molecule has 4 nitrogen and oxygen atoms in total. The minimum atomic E-state index is -4.50. The fourth-order valence-electron chi connectivity index (χ4n) is 0.978. The number of rotatable bonds is 5. The van der Waals surface area contributed by atoms with Crippen molar-refractivity contribution in [1.82, 2.24) is 0 Å². The maximum atomic E-state index is 12.0. The molecule has 0 aromatic rings. The van der Waals surface area contributed by atoms with E-state index in [-0.39, 0.29) is 6.61 Å². The highest BCUT2D eigenvalue weighted by atomic mass is 19.4. The molecular formula is C9H13F3O4. The molecule has 16 heavy (non-hydrogen) atoms. The summed E-state index contributed by atoms with van der Waals surface area (Å²) < 4.78 is 40.3. The topological polar surface area (TPSA) is 63.6 Å². The van der Waals surface area contributed by atoms with Crippen molar-refractivity contribution in [3.63, 3.8) is 0 Å². The van der Waals surface area contributed by atoms with E-state index < -0.39 is 36.4 Å². The van der Waals surface area contributed by atoms with Crippen molar-refractivity contribution in [3.05, 3.63) is 0 Å². The fourth-order valence-corrected chi connectivity index (χ4v) is 0.978. The number of esters is 1. The SMILES string of the molecule is CCOC(=O)C(C)(CCC(F)(F)F)C(=O)O. The van der Waals surface area contributed by atoms with Crippen LogP contribution in [-0.2, 0) is 14.3 Å². The molecule has 0 bridgehead atoms. The van der Waals surface area contributed by atoms with Gasteiger partial charge >= 0.3 is 18.1 Å². The maximum Gasteiger partial charge on any atom is 0.389 e. The van der Waals surface area contributed by atoms with Crippen molar-refractivity contribution in [2.45, 2.75) is 32.9 Å². The van der Waals surface area contributed by atoms with Gasteiger partial charge in [-0.25, -0.2) is 0 Å². The number of aliphatic carboxylic acids is 1. The molecule has 7 heteroatoms. The van der Waals surface area contributed by atoms with Gasteiger partial charge in [0.1, 0.15) is 0 Å². The second kappa shape index (κ2) is 5.18. The number of hydrogen-bond acceptors (Lipinski definition) is 3. The van der Waals surface area contributed by atoms with Crippen molar-refractivity contribution in [2.75, 3.05) is 6.61 Å². The molecule has 0 radical (unpaired) electrons. The van der Waals surface area contributed by atoms with Crippen molar-refractivity contribution < 1.29 is 32.6 Å². The Balaban J connectivity index is 4.71. The smallest absolute Gasteiger partial charge is 0.389 e. The van der Waals surface area contributed by atoms with E-state index in [2.05, 4.69) is 4.74 Å². The average molecular weight is 242 g/mol. The summed E-state index contributed by atoms with van der Waals surface area (Å²) in [4.78, 5) is 22.0. The zero-order valence-electron chi connectivity index (χ0n) is 8.93. The Kier molecular flexibility index (Phi) is 4.77. The van der Waals surface area contributed by atoms with Crippen LogP contribution >= 0.6 is 0 Å². The van der Waals surface area contributed by atoms with Gasteiger partial charge in [-0.15, -0.1) is 0 Å². The van der Waals surface area contributed by atoms with E-state index in [4.69, 9.17) is 5.11 Å². The molecule has 0 rings (SSSR count). The second-order valence-electron chi connectivity index (χ2n) is 3.47. The van der Waals surface area contributed by atoms with Crippen LogP contribution in [0.15, 0.2) is 0 Å². The van der Waals surface area contributed by atoms with Crippen LogP contribution in [0.1, 0.15) is 26.7 Å². The molecule has 0 aliphatic heterocycles. The summed E-state index contributed by atoms with van der Waals surface area (Å²) in [6, 6.07) is 0. The van der Waals surface area contributed by atoms with E-state index in [9.17, 15) is 22.8 Å². The van der Waals surface area contributed by atoms with Gasteiger partial charge in [0, 0.05) is 6.42 Å². The lowest BCUT2D eigenvalue weighted by atomic mass is 9.85. The lowest BCUT2D eigenvalue weighted by Gasteiger charge is -2.22. The van der Waals surface area contributed by atoms with Gasteiger partial charge in [0.2, 0.25) is 0 Å². The molecule has 0 aliphatic rings. The van der Waals surface area contributed by atoms with Crippen LogP contribution in [-0.4, -0.2) is 29.8 Å². The standard InChI is InChI=1S/C9H13F3O4/c1-3-16-7(15)8(2,6(13)14)4-5-9(10,11)12/h3-5H2,1-2H3,(H,13,14). The highest BCUT2D eigenvalue weighted by molar-refractivity contribution is 5.98. The van der Waals surface area contributed by atoms with Gasteiger partial charge in [-0.1, -0.05) is 0 Å². The first-order chi connectivity index (χ1) is 7.13. The van der Waals surface area contributed by atoms with Crippen LogP contribution in [0.25, 0.3) is 0 Å². The molecule has 94 valence electrons. The minimum Gasteiger partial charge on any atom is -0.480 e. The summed E-state index contributed by atoms with van der Waals surface area (Å²) in [5, 5.41) is 8.76. The van der Waals surface area contributed by atoms with E-state index in [1.165, 1.54) is 6.92 Å². The highest BCUT2D eigenvalue weighted by Gasteiger charge is 2.45. The number of hydrogen-bond donors (Lipinski definition) is 1. The molecule has 0 saturated heterocycles. The van der Waals surface area contributed by atoms with E-state index in [0.717, 1.165) is 6.92 Å². The third-order valence-corrected chi connectivity index (χ3v) is 2.11. The van der Waals surface area contributed by atoms with Gasteiger partial charge in [-0.2, -0.15) is 13.2 Å². The number of alkyl halides is 3. The molecule has 0 amide bonds. The number of carboxylic acids is 1. The quantitative estimate of drug-likeness (QED) is 0.591. The first-order valence-corrected chi connectivity index (χ1v) is 4.61. The first kappa shape index (κ1) is 14.7. The minimum absolute atomic E-state index is 0.0757. The molecule has 0 saturated carbocycles. The normalized spacial score (nSPS) is 15.3. The first-order valence-electron chi connectivity index (χ1n) is 4.61. The van der Waals surface area contributed by atoms with Gasteiger partial charge in [-0.3, -0.25) is 9.59 Å². The van der Waals surface area contributed by atoms with Crippen molar-refractivity contribution in [3.8, 4) is 0 Å². The fraction of sp³-hybridized carbons (Fsp3) is 0.778. The molecule has 0 aromatic heterocycles. The Morgan fingerprint density at radius 1 is 1.25 bits per heavy atom. The van der Waals surface area contributed by atoms with Crippen molar-refractivity contribution >= 4 is 11.9 Å². The number of halogens is 3. The monoisotopic (exact) mass is 242 g/mol. The molecular weight excluding hydrogens is 229 g/mol. The molecule has 0 aromatic carbocycles. The second-order valence-corrected chi connectivity index (χ2v) is 3.47. The molecule has 0 aliphatic carbocycles. The molecule has 1 unspecified atom stereocenters. The summed E-state index contributed by atoms with van der Waals surface area (Å²) in [7, 11) is 0. The summed E-state index contributed by atoms with van der Waals surface area (Å²) in [6.45, 7) is 2.30. The zero-order chi connectivity index (χ0) is 13.0. The van der Waals surface area contributed by atoms with Crippen molar-refractivity contribution in [2.24, 2.45) is 5.41 Å². The number of carbonyl (C=O) groups is 2. The summed E-state index contributed by atoms with van der Waals surface area (Å²) in [6.07, 6.45) is -6.66. The van der Waals surface area contributed by atoms with E-state index >= 15 is 0 Å². The lowest BCUT2D eigenvalue weighted by Crippen LogP contribution is -2.39. The molecule has 0 heterocycles. The number of carbonyl (C=O) groups excluding carboxylic acids is 1. The Labute approximate surface area is 90.4 Å². The predicted octanol–water partition coefficient (Wildman–Crippen LogP) is 1.98. The summed E-state index contributed by atoms with van der Waals surface area (Å²) in [5.74, 6) is -2.76. The molecule has 1 atom stereocenters. The van der Waals surface area contributed by atoms with Crippen LogP contribution in [0.3, 0.4) is 0 Å². The van der Waals surface area contributed by atoms with E-state index in [1.807, 2.05) is 0 Å². The lowest BCUT2D eigenvalue weighted by molar-refractivity contribution is -0.173. The van der Waals surface area contributed by atoms with Crippen LogP contribution < -0.4 is 0 Å². The third-order valence-electron chi connectivity index (χ3n) is 2.11. The Hall–Kier alpha value is -1.27. The molecule has 0 spiro atoms. The van der Waals surface area contributed by atoms with Gasteiger partial charge in [0.25, 0.3) is 0 Å². The average Bonchev–Trinajstić information content (AvgIpc) is 2.13. The third kappa shape index (κ3) is 4.08. The molecule has 0 fully saturated rings. The largest absolute Gasteiger partial charge is 0.480 e. The van der Waals surface area contributed by atoms with E-state index in [1.54, 1.807) is 0 Å². The Morgan fingerprint density at radius 3 is 2.06 bits per heavy atom. The summed E-state index contributed by atoms with van der Waals surface area (Å²) in [5.41, 5.74) is -2.15. The van der Waals surface area contributed by atoms with Crippen LogP contribution in [0.2, 0.25) is 0 Å². The van der Waals surface area contributed by atoms with Crippen molar-refractivity contribution in [1.29, 1.82) is 0 Å². The van der Waals surface area contributed by atoms with Gasteiger partial charge < -0.3 is 9.84 Å². The molecule has 1 N–H and O–H groups in total. The van der Waals surface area contributed by atoms with Gasteiger partial charge in [-0.05, 0) is 20.3 Å². The van der Waals surface area contributed by atoms with Gasteiger partial charge in [0.05, 0.1) is 6.61 Å². The number of ether oxygens (including phenoxy) is 1. The maximum absolute atomic E-state index is 12.0. The predicted molar refractivity (Wildman–Crippen MR) is 47.7 cm³/mol. The summed E-state index contributed by atoms with van der Waals surface area (Å²) >= 11 is 0. The number of carboxylic acid groups (broad SMARTS) is 1. The Bertz CT molecular complexity index is 274. The Morgan fingerprint density at radius 2 is 1.75 bits per heavy atom. The van der Waals surface area contributed by atoms with E-state index in [0.29, 0.717) is 0 Å². The van der Waals surface area contributed by atoms with Crippen LogP contribution in [0, 0.1) is 5.41 Å². The highest BCUT2D eigenvalue weighted by Crippen LogP contribution is 2.32. The zero-order valence-corrected chi connectivity index (χ0v) is 8.93. The van der Waals surface area contributed by atoms with Crippen LogP contribution in [0.5, 0.6) is 0 Å².